The van der Waals surface area contributed by atoms with E-state index in [1.165, 1.54) is 12.5 Å². The number of primary sulfonamides is 1. The van der Waals surface area contributed by atoms with E-state index in [9.17, 15) is 8.42 Å². The summed E-state index contributed by atoms with van der Waals surface area (Å²) < 4.78 is 28.4. The zero-order valence-electron chi connectivity index (χ0n) is 11.7. The first-order chi connectivity index (χ1) is 9.47. The minimum Gasteiger partial charge on any atom is -0.377 e. The van der Waals surface area contributed by atoms with Crippen LogP contribution in [0.3, 0.4) is 0 Å². The topological polar surface area (TPSA) is 81.4 Å². The van der Waals surface area contributed by atoms with Crippen LogP contribution in [0.25, 0.3) is 0 Å². The third kappa shape index (κ3) is 4.28. The highest BCUT2D eigenvalue weighted by atomic mass is 32.2. The van der Waals surface area contributed by atoms with Gasteiger partial charge in [-0.15, -0.1) is 0 Å². The Balaban J connectivity index is 1.96. The van der Waals surface area contributed by atoms with Crippen LogP contribution in [0.5, 0.6) is 0 Å². The molecule has 20 heavy (non-hydrogen) atoms. The number of ether oxygens (including phenoxy) is 1. The summed E-state index contributed by atoms with van der Waals surface area (Å²) in [7, 11) is -3.65. The molecule has 0 bridgehead atoms. The predicted octanol–water partition coefficient (Wildman–Crippen LogP) is 1.55. The normalized spacial score (nSPS) is 21.6. The molecule has 0 radical (unpaired) electrons. The lowest BCUT2D eigenvalue weighted by Gasteiger charge is -2.25. The minimum absolute atomic E-state index is 0.0576. The van der Waals surface area contributed by atoms with Gasteiger partial charge in [0.1, 0.15) is 0 Å². The van der Waals surface area contributed by atoms with E-state index in [0.29, 0.717) is 0 Å². The number of nitrogens with two attached hydrogens (primary N) is 1. The quantitative estimate of drug-likeness (QED) is 0.864. The van der Waals surface area contributed by atoms with E-state index < -0.39 is 10.0 Å². The molecule has 1 aromatic rings. The fraction of sp³-hybridized carbons (Fsp3) is 0.571. The third-order valence-corrected chi connectivity index (χ3v) is 4.52. The first-order valence-electron chi connectivity index (χ1n) is 6.94. The number of rotatable bonds is 5. The lowest BCUT2D eigenvalue weighted by Crippen LogP contribution is -2.33. The average Bonchev–Trinajstić information content (AvgIpc) is 2.45. The SMILES string of the molecule is CC(NCC1CCCCO1)c1cccc(S(N)(=O)=O)c1. The van der Waals surface area contributed by atoms with Crippen LogP contribution < -0.4 is 10.5 Å². The molecule has 2 unspecified atom stereocenters. The Hall–Kier alpha value is -0.950. The molecule has 0 aromatic heterocycles. The van der Waals surface area contributed by atoms with Gasteiger partial charge in [-0.05, 0) is 43.9 Å². The van der Waals surface area contributed by atoms with E-state index in [1.807, 2.05) is 13.0 Å². The molecule has 1 heterocycles. The number of sulfonamides is 1. The maximum Gasteiger partial charge on any atom is 0.238 e. The van der Waals surface area contributed by atoms with Crippen molar-refractivity contribution in [2.45, 2.75) is 43.2 Å². The molecule has 6 heteroatoms. The molecular formula is C14H22N2O3S. The van der Waals surface area contributed by atoms with Crippen molar-refractivity contribution in [3.05, 3.63) is 29.8 Å². The van der Waals surface area contributed by atoms with Gasteiger partial charge in [-0.2, -0.15) is 0 Å². The zero-order chi connectivity index (χ0) is 14.6. The molecule has 1 fully saturated rings. The van der Waals surface area contributed by atoms with Gasteiger partial charge >= 0.3 is 0 Å². The number of hydrogen-bond donors (Lipinski definition) is 2. The summed E-state index contributed by atoms with van der Waals surface area (Å²) in [4.78, 5) is 0.151. The summed E-state index contributed by atoms with van der Waals surface area (Å²) in [5.74, 6) is 0. The van der Waals surface area contributed by atoms with Gasteiger partial charge in [-0.25, -0.2) is 13.6 Å². The summed E-state index contributed by atoms with van der Waals surface area (Å²) >= 11 is 0. The smallest absolute Gasteiger partial charge is 0.238 e. The Kier molecular flexibility index (Phi) is 5.15. The van der Waals surface area contributed by atoms with Crippen molar-refractivity contribution < 1.29 is 13.2 Å². The molecule has 1 aromatic carbocycles. The Morgan fingerprint density at radius 2 is 2.25 bits per heavy atom. The van der Waals surface area contributed by atoms with Crippen molar-refractivity contribution in [2.75, 3.05) is 13.2 Å². The molecule has 5 nitrogen and oxygen atoms in total. The highest BCUT2D eigenvalue weighted by Crippen LogP contribution is 2.18. The van der Waals surface area contributed by atoms with Gasteiger partial charge in [-0.1, -0.05) is 12.1 Å². The van der Waals surface area contributed by atoms with E-state index in [4.69, 9.17) is 9.88 Å². The first kappa shape index (κ1) is 15.4. The van der Waals surface area contributed by atoms with Crippen molar-refractivity contribution >= 4 is 10.0 Å². The number of benzene rings is 1. The number of hydrogen-bond acceptors (Lipinski definition) is 4. The molecule has 112 valence electrons. The zero-order valence-corrected chi connectivity index (χ0v) is 12.5. The van der Waals surface area contributed by atoms with Gasteiger partial charge in [0.15, 0.2) is 0 Å². The van der Waals surface area contributed by atoms with E-state index in [1.54, 1.807) is 12.1 Å². The van der Waals surface area contributed by atoms with Crippen LogP contribution >= 0.6 is 0 Å². The molecule has 0 saturated carbocycles. The second-order valence-electron chi connectivity index (χ2n) is 5.24. The molecule has 3 N–H and O–H groups in total. The number of nitrogens with one attached hydrogen (secondary N) is 1. The highest BCUT2D eigenvalue weighted by Gasteiger charge is 2.16. The second kappa shape index (κ2) is 6.67. The second-order valence-corrected chi connectivity index (χ2v) is 6.80. The third-order valence-electron chi connectivity index (χ3n) is 3.61. The molecule has 1 aliphatic rings. The van der Waals surface area contributed by atoms with Crippen molar-refractivity contribution in [3.63, 3.8) is 0 Å². The Labute approximate surface area is 120 Å². The van der Waals surface area contributed by atoms with Crippen LogP contribution in [-0.4, -0.2) is 27.7 Å². The van der Waals surface area contributed by atoms with Crippen molar-refractivity contribution in [3.8, 4) is 0 Å². The highest BCUT2D eigenvalue weighted by molar-refractivity contribution is 7.89. The minimum atomic E-state index is -3.65. The summed E-state index contributed by atoms with van der Waals surface area (Å²) in [5, 5.41) is 8.54. The fourth-order valence-electron chi connectivity index (χ4n) is 2.36. The molecule has 0 aliphatic carbocycles. The molecule has 2 rings (SSSR count). The van der Waals surface area contributed by atoms with E-state index in [0.717, 1.165) is 31.6 Å². The average molecular weight is 298 g/mol. The lowest BCUT2D eigenvalue weighted by molar-refractivity contribution is 0.0156. The van der Waals surface area contributed by atoms with E-state index >= 15 is 0 Å². The van der Waals surface area contributed by atoms with Gasteiger partial charge in [0.05, 0.1) is 11.0 Å². The van der Waals surface area contributed by atoms with Gasteiger partial charge < -0.3 is 10.1 Å². The summed E-state index contributed by atoms with van der Waals surface area (Å²) in [6, 6.07) is 6.80. The summed E-state index contributed by atoms with van der Waals surface area (Å²) in [6.45, 7) is 3.62. The Morgan fingerprint density at radius 1 is 1.45 bits per heavy atom. The molecule has 1 aliphatic heterocycles. The molecule has 2 atom stereocenters. The Morgan fingerprint density at radius 3 is 2.90 bits per heavy atom. The van der Waals surface area contributed by atoms with Gasteiger partial charge in [0.2, 0.25) is 10.0 Å². The van der Waals surface area contributed by atoms with E-state index in [-0.39, 0.29) is 17.0 Å². The van der Waals surface area contributed by atoms with Crippen molar-refractivity contribution in [1.29, 1.82) is 0 Å². The monoisotopic (exact) mass is 298 g/mol. The summed E-state index contributed by atoms with van der Waals surface area (Å²) in [6.07, 6.45) is 3.69. The van der Waals surface area contributed by atoms with Crippen molar-refractivity contribution in [2.24, 2.45) is 5.14 Å². The van der Waals surface area contributed by atoms with Crippen molar-refractivity contribution in [1.82, 2.24) is 5.32 Å². The van der Waals surface area contributed by atoms with Gasteiger partial charge in [0, 0.05) is 19.2 Å². The van der Waals surface area contributed by atoms with Gasteiger partial charge in [-0.3, -0.25) is 0 Å². The fourth-order valence-corrected chi connectivity index (χ4v) is 2.92. The molecule has 0 amide bonds. The van der Waals surface area contributed by atoms with Crippen LogP contribution in [0.2, 0.25) is 0 Å². The first-order valence-corrected chi connectivity index (χ1v) is 8.49. The van der Waals surface area contributed by atoms with Crippen LogP contribution in [0, 0.1) is 0 Å². The molecular weight excluding hydrogens is 276 g/mol. The maximum absolute atomic E-state index is 11.4. The lowest BCUT2D eigenvalue weighted by atomic mass is 10.1. The van der Waals surface area contributed by atoms with Crippen LogP contribution in [-0.2, 0) is 14.8 Å². The van der Waals surface area contributed by atoms with Crippen LogP contribution in [0.15, 0.2) is 29.2 Å². The molecule has 1 saturated heterocycles. The Bertz CT molecular complexity index is 539. The largest absolute Gasteiger partial charge is 0.377 e. The molecule has 0 spiro atoms. The standard InChI is InChI=1S/C14H22N2O3S/c1-11(16-10-13-6-2-3-8-19-13)12-5-4-7-14(9-12)20(15,17)18/h4-5,7,9,11,13,16H,2-3,6,8,10H2,1H3,(H2,15,17,18). The van der Waals surface area contributed by atoms with E-state index in [2.05, 4.69) is 5.32 Å². The van der Waals surface area contributed by atoms with Crippen LogP contribution in [0.1, 0.15) is 37.8 Å². The van der Waals surface area contributed by atoms with Crippen LogP contribution in [0.4, 0.5) is 0 Å². The summed E-state index contributed by atoms with van der Waals surface area (Å²) in [5.41, 5.74) is 0.910. The maximum atomic E-state index is 11.4. The van der Waals surface area contributed by atoms with Gasteiger partial charge in [0.25, 0.3) is 0 Å². The predicted molar refractivity (Wildman–Crippen MR) is 77.8 cm³/mol.